The van der Waals surface area contributed by atoms with Gasteiger partial charge in [-0.15, -0.1) is 0 Å². The Bertz CT molecular complexity index is 622. The van der Waals surface area contributed by atoms with Gasteiger partial charge in [-0.3, -0.25) is 0 Å². The summed E-state index contributed by atoms with van der Waals surface area (Å²) >= 11 is 0. The first kappa shape index (κ1) is 16.1. The zero-order chi connectivity index (χ0) is 15.6. The van der Waals surface area contributed by atoms with Crippen LogP contribution < -0.4 is 5.32 Å². The molecule has 1 aromatic carbocycles. The third-order valence-electron chi connectivity index (χ3n) is 4.17. The monoisotopic (exact) mass is 287 g/mol. The highest BCUT2D eigenvalue weighted by Gasteiger charge is 2.19. The molecule has 1 heterocycles. The zero-order valence-corrected chi connectivity index (χ0v) is 14.4. The fourth-order valence-corrected chi connectivity index (χ4v) is 3.02. The summed E-state index contributed by atoms with van der Waals surface area (Å²) in [7, 11) is 0. The molecule has 2 nitrogen and oxygen atoms in total. The smallest absolute Gasteiger partial charge is 0.138 e. The van der Waals surface area contributed by atoms with E-state index in [-0.39, 0.29) is 0 Å². The molecule has 21 heavy (non-hydrogen) atoms. The minimum absolute atomic E-state index is 0.636. The molecule has 2 rings (SSSR count). The molecule has 0 aliphatic carbocycles. The van der Waals surface area contributed by atoms with Crippen molar-refractivity contribution in [1.82, 2.24) is 5.32 Å². The lowest BCUT2D eigenvalue weighted by atomic mass is 9.94. The molecule has 0 aliphatic rings. The number of hydrogen-bond donors (Lipinski definition) is 1. The van der Waals surface area contributed by atoms with Gasteiger partial charge in [0.15, 0.2) is 0 Å². The number of nitrogens with one attached hydrogen (secondary N) is 1. The molecule has 0 fully saturated rings. The third-order valence-corrected chi connectivity index (χ3v) is 4.17. The summed E-state index contributed by atoms with van der Waals surface area (Å²) in [5.41, 5.74) is 6.44. The van der Waals surface area contributed by atoms with Crippen LogP contribution in [-0.4, -0.2) is 6.54 Å². The quantitative estimate of drug-likeness (QED) is 0.752. The van der Waals surface area contributed by atoms with Crippen molar-refractivity contribution in [2.75, 3.05) is 6.54 Å². The topological polar surface area (TPSA) is 25.2 Å². The van der Waals surface area contributed by atoms with Crippen LogP contribution in [-0.2, 0) is 13.0 Å². The lowest BCUT2D eigenvalue weighted by Crippen LogP contribution is -2.14. The molecule has 0 saturated carbocycles. The third kappa shape index (κ3) is 3.32. The zero-order valence-electron chi connectivity index (χ0n) is 14.4. The number of aryl methyl sites for hydroxylation is 3. The molecular weight excluding hydrogens is 258 g/mol. The summed E-state index contributed by atoms with van der Waals surface area (Å²) in [6.07, 6.45) is 2.23. The number of furan rings is 1. The van der Waals surface area contributed by atoms with Crippen molar-refractivity contribution >= 4 is 11.0 Å². The average molecular weight is 287 g/mol. The Morgan fingerprint density at radius 1 is 1.14 bits per heavy atom. The fraction of sp³-hybridized carbons (Fsp3) is 0.579. The van der Waals surface area contributed by atoms with E-state index in [1.165, 1.54) is 27.6 Å². The van der Waals surface area contributed by atoms with Gasteiger partial charge in [-0.1, -0.05) is 26.8 Å². The van der Waals surface area contributed by atoms with E-state index in [0.29, 0.717) is 5.92 Å². The minimum atomic E-state index is 0.636. The Hall–Kier alpha value is -1.28. The number of benzene rings is 1. The SMILES string of the molecule is CCCNCc1oc2c(C)c(C)cc(C)c2c1CC(C)C. The first-order chi connectivity index (χ1) is 9.95. The van der Waals surface area contributed by atoms with E-state index in [4.69, 9.17) is 4.42 Å². The van der Waals surface area contributed by atoms with E-state index in [0.717, 1.165) is 37.3 Å². The first-order valence-corrected chi connectivity index (χ1v) is 8.17. The van der Waals surface area contributed by atoms with Gasteiger partial charge in [-0.25, -0.2) is 0 Å². The van der Waals surface area contributed by atoms with E-state index in [9.17, 15) is 0 Å². The molecular formula is C19H29NO. The van der Waals surface area contributed by atoms with E-state index in [2.05, 4.69) is 52.9 Å². The summed E-state index contributed by atoms with van der Waals surface area (Å²) < 4.78 is 6.28. The van der Waals surface area contributed by atoms with E-state index < -0.39 is 0 Å². The van der Waals surface area contributed by atoms with Crippen molar-refractivity contribution in [2.45, 2.75) is 60.9 Å². The second-order valence-electron chi connectivity index (χ2n) is 6.62. The first-order valence-electron chi connectivity index (χ1n) is 8.17. The highest BCUT2D eigenvalue weighted by molar-refractivity contribution is 5.89. The molecule has 2 heteroatoms. The second-order valence-corrected chi connectivity index (χ2v) is 6.62. The van der Waals surface area contributed by atoms with Crippen LogP contribution in [0.15, 0.2) is 10.5 Å². The van der Waals surface area contributed by atoms with Gasteiger partial charge in [0, 0.05) is 10.9 Å². The molecule has 0 atom stereocenters. The summed E-state index contributed by atoms with van der Waals surface area (Å²) in [6, 6.07) is 2.29. The highest BCUT2D eigenvalue weighted by atomic mass is 16.3. The van der Waals surface area contributed by atoms with Crippen molar-refractivity contribution in [3.63, 3.8) is 0 Å². The van der Waals surface area contributed by atoms with Gasteiger partial charge in [-0.2, -0.15) is 0 Å². The van der Waals surface area contributed by atoms with Gasteiger partial charge in [0.1, 0.15) is 11.3 Å². The van der Waals surface area contributed by atoms with Crippen LogP contribution in [0.5, 0.6) is 0 Å². The number of fused-ring (bicyclic) bond motifs is 1. The van der Waals surface area contributed by atoms with Crippen molar-refractivity contribution in [2.24, 2.45) is 5.92 Å². The second kappa shape index (κ2) is 6.65. The van der Waals surface area contributed by atoms with Gasteiger partial charge in [-0.05, 0) is 62.8 Å². The van der Waals surface area contributed by atoms with Crippen LogP contribution in [0.25, 0.3) is 11.0 Å². The summed E-state index contributed by atoms with van der Waals surface area (Å²) in [5, 5.41) is 4.83. The minimum Gasteiger partial charge on any atom is -0.459 e. The standard InChI is InChI=1S/C19H29NO/c1-7-8-20-11-17-16(9-12(2)3)18-14(5)10-13(4)15(6)19(18)21-17/h10,12,20H,7-9,11H2,1-6H3. The molecule has 0 amide bonds. The van der Waals surface area contributed by atoms with E-state index in [1.54, 1.807) is 0 Å². The summed E-state index contributed by atoms with van der Waals surface area (Å²) in [4.78, 5) is 0. The van der Waals surface area contributed by atoms with Crippen LogP contribution in [0.3, 0.4) is 0 Å². The molecule has 0 spiro atoms. The Kier molecular flexibility index (Phi) is 5.10. The molecule has 2 aromatic rings. The summed E-state index contributed by atoms with van der Waals surface area (Å²) in [6.45, 7) is 15.2. The predicted octanol–water partition coefficient (Wildman–Crippen LogP) is 5.06. The molecule has 0 saturated heterocycles. The van der Waals surface area contributed by atoms with Crippen LogP contribution >= 0.6 is 0 Å². The molecule has 0 unspecified atom stereocenters. The van der Waals surface area contributed by atoms with Crippen molar-refractivity contribution in [1.29, 1.82) is 0 Å². The molecule has 0 bridgehead atoms. The fourth-order valence-electron chi connectivity index (χ4n) is 3.02. The molecule has 116 valence electrons. The van der Waals surface area contributed by atoms with Gasteiger partial charge in [0.05, 0.1) is 6.54 Å². The van der Waals surface area contributed by atoms with Gasteiger partial charge >= 0.3 is 0 Å². The lowest BCUT2D eigenvalue weighted by molar-refractivity contribution is 0.499. The van der Waals surface area contributed by atoms with Gasteiger partial charge in [0.2, 0.25) is 0 Å². The average Bonchev–Trinajstić information content (AvgIpc) is 2.75. The van der Waals surface area contributed by atoms with Gasteiger partial charge < -0.3 is 9.73 Å². The molecule has 0 aliphatic heterocycles. The van der Waals surface area contributed by atoms with Crippen molar-refractivity contribution < 1.29 is 4.42 Å². The highest BCUT2D eigenvalue weighted by Crippen LogP contribution is 2.34. The van der Waals surface area contributed by atoms with E-state index >= 15 is 0 Å². The summed E-state index contributed by atoms with van der Waals surface area (Å²) in [5.74, 6) is 1.76. The maximum absolute atomic E-state index is 6.28. The normalized spacial score (nSPS) is 11.8. The van der Waals surface area contributed by atoms with Crippen LogP contribution in [0, 0.1) is 26.7 Å². The van der Waals surface area contributed by atoms with Crippen molar-refractivity contribution in [3.05, 3.63) is 34.1 Å². The van der Waals surface area contributed by atoms with Crippen LogP contribution in [0.1, 0.15) is 55.2 Å². The van der Waals surface area contributed by atoms with Crippen molar-refractivity contribution in [3.8, 4) is 0 Å². The van der Waals surface area contributed by atoms with Crippen LogP contribution in [0.2, 0.25) is 0 Å². The predicted molar refractivity (Wildman–Crippen MR) is 91.0 cm³/mol. The maximum Gasteiger partial charge on any atom is 0.138 e. The Morgan fingerprint density at radius 3 is 2.48 bits per heavy atom. The van der Waals surface area contributed by atoms with E-state index in [1.807, 2.05) is 0 Å². The Labute approximate surface area is 128 Å². The lowest BCUT2D eigenvalue weighted by Gasteiger charge is -2.09. The Balaban J connectivity index is 2.55. The van der Waals surface area contributed by atoms with Gasteiger partial charge in [0.25, 0.3) is 0 Å². The Morgan fingerprint density at radius 2 is 1.86 bits per heavy atom. The molecule has 1 N–H and O–H groups in total. The number of hydrogen-bond acceptors (Lipinski definition) is 2. The molecule has 1 aromatic heterocycles. The van der Waals surface area contributed by atoms with Crippen LogP contribution in [0.4, 0.5) is 0 Å². The molecule has 0 radical (unpaired) electrons. The number of rotatable bonds is 6. The largest absolute Gasteiger partial charge is 0.459 e. The maximum atomic E-state index is 6.28.